The van der Waals surface area contributed by atoms with Gasteiger partial charge in [0.05, 0.1) is 5.71 Å². The van der Waals surface area contributed by atoms with Crippen molar-refractivity contribution in [1.82, 2.24) is 10.2 Å². The number of urea groups is 1. The second-order valence-electron chi connectivity index (χ2n) is 8.36. The second kappa shape index (κ2) is 9.16. The van der Waals surface area contributed by atoms with E-state index in [1.807, 2.05) is 23.6 Å². The van der Waals surface area contributed by atoms with Gasteiger partial charge >= 0.3 is 6.03 Å². The highest BCUT2D eigenvalue weighted by Gasteiger charge is 2.40. The molecule has 7 heteroatoms. The molecular weight excluding hydrogens is 398 g/mol. The van der Waals surface area contributed by atoms with Crippen molar-refractivity contribution >= 4 is 35.3 Å². The zero-order valence-corrected chi connectivity index (χ0v) is 17.9. The molecule has 30 heavy (non-hydrogen) atoms. The summed E-state index contributed by atoms with van der Waals surface area (Å²) in [6.45, 7) is 3.16. The first kappa shape index (κ1) is 20.8. The van der Waals surface area contributed by atoms with Crippen LogP contribution in [0.5, 0.6) is 0 Å². The standard InChI is InChI=1S/C23H27N3O3S/c1-15(17-5-3-2-4-6-17)13-24-21(27)18-9-7-16(8-10-18)14-26-22(28)20-19(11-12-30-20)25-23(26)29/h2-6,11-12,15-16,18,20H,7-10,13-14H2,1H3,(H,24,27). The van der Waals surface area contributed by atoms with E-state index in [9.17, 15) is 14.4 Å². The Bertz CT molecular complexity index is 875. The van der Waals surface area contributed by atoms with Gasteiger partial charge in [-0.15, -0.1) is 11.8 Å². The third kappa shape index (κ3) is 4.51. The minimum Gasteiger partial charge on any atom is -0.355 e. The fourth-order valence-corrected chi connectivity index (χ4v) is 5.25. The Balaban J connectivity index is 1.23. The monoisotopic (exact) mass is 425 g/mol. The lowest BCUT2D eigenvalue weighted by Gasteiger charge is -2.33. The number of nitrogens with one attached hydrogen (secondary N) is 1. The summed E-state index contributed by atoms with van der Waals surface area (Å²) >= 11 is 1.40. The van der Waals surface area contributed by atoms with Crippen molar-refractivity contribution in [1.29, 1.82) is 0 Å². The molecule has 4 rings (SSSR count). The smallest absolute Gasteiger partial charge is 0.350 e. The van der Waals surface area contributed by atoms with Gasteiger partial charge in [-0.25, -0.2) is 4.79 Å². The van der Waals surface area contributed by atoms with Gasteiger partial charge in [-0.3, -0.25) is 14.5 Å². The molecule has 1 saturated carbocycles. The predicted octanol–water partition coefficient (Wildman–Crippen LogP) is 3.75. The third-order valence-electron chi connectivity index (χ3n) is 6.28. The molecular formula is C23H27N3O3S. The molecule has 0 bridgehead atoms. The normalized spacial score (nSPS) is 26.9. The second-order valence-corrected chi connectivity index (χ2v) is 9.38. The SMILES string of the molecule is CC(CNC(=O)C1CCC(CN2C(=O)N=C3C=CSC3C2=O)CC1)c1ccccc1. The van der Waals surface area contributed by atoms with Crippen molar-refractivity contribution in [3.8, 4) is 0 Å². The summed E-state index contributed by atoms with van der Waals surface area (Å²) in [4.78, 5) is 42.9. The summed E-state index contributed by atoms with van der Waals surface area (Å²) < 4.78 is 0. The van der Waals surface area contributed by atoms with Gasteiger partial charge in [-0.2, -0.15) is 4.99 Å². The van der Waals surface area contributed by atoms with Crippen LogP contribution in [0.2, 0.25) is 0 Å². The number of imide groups is 1. The lowest BCUT2D eigenvalue weighted by molar-refractivity contribution is -0.129. The average molecular weight is 426 g/mol. The number of hydrogen-bond donors (Lipinski definition) is 1. The number of thioether (sulfide) groups is 1. The van der Waals surface area contributed by atoms with E-state index in [1.54, 1.807) is 6.08 Å². The average Bonchev–Trinajstić information content (AvgIpc) is 3.24. The van der Waals surface area contributed by atoms with Gasteiger partial charge in [0.15, 0.2) is 0 Å². The molecule has 1 fully saturated rings. The van der Waals surface area contributed by atoms with Crippen LogP contribution in [0.1, 0.15) is 44.1 Å². The molecule has 3 aliphatic rings. The van der Waals surface area contributed by atoms with E-state index < -0.39 is 6.03 Å². The fourth-order valence-electron chi connectivity index (χ4n) is 4.36. The molecule has 0 aromatic heterocycles. The van der Waals surface area contributed by atoms with E-state index in [0.717, 1.165) is 25.7 Å². The maximum absolute atomic E-state index is 12.6. The van der Waals surface area contributed by atoms with Gasteiger partial charge in [0, 0.05) is 19.0 Å². The fraction of sp³-hybridized carbons (Fsp3) is 0.478. The third-order valence-corrected chi connectivity index (χ3v) is 7.29. The molecule has 0 spiro atoms. The van der Waals surface area contributed by atoms with Crippen LogP contribution in [-0.2, 0) is 9.59 Å². The number of amides is 4. The largest absolute Gasteiger partial charge is 0.355 e. The summed E-state index contributed by atoms with van der Waals surface area (Å²) in [7, 11) is 0. The summed E-state index contributed by atoms with van der Waals surface area (Å²) in [5.41, 5.74) is 1.79. The zero-order valence-electron chi connectivity index (χ0n) is 17.1. The number of carbonyl (C=O) groups is 3. The van der Waals surface area contributed by atoms with Gasteiger partial charge in [0.25, 0.3) is 0 Å². The van der Waals surface area contributed by atoms with Crippen LogP contribution < -0.4 is 5.32 Å². The Hall–Kier alpha value is -2.41. The molecule has 0 saturated heterocycles. The van der Waals surface area contributed by atoms with Crippen molar-refractivity contribution in [2.45, 2.75) is 43.8 Å². The number of allylic oxidation sites excluding steroid dienone is 1. The topological polar surface area (TPSA) is 78.8 Å². The van der Waals surface area contributed by atoms with Crippen LogP contribution in [-0.4, -0.2) is 46.8 Å². The first-order valence-corrected chi connectivity index (χ1v) is 11.6. The number of nitrogens with zero attached hydrogens (tertiary/aromatic N) is 2. The molecule has 1 aromatic carbocycles. The summed E-state index contributed by atoms with van der Waals surface area (Å²) in [6, 6.07) is 9.74. The Labute approximate surface area is 181 Å². The lowest BCUT2D eigenvalue weighted by atomic mass is 9.81. The van der Waals surface area contributed by atoms with Crippen molar-refractivity contribution < 1.29 is 14.4 Å². The zero-order chi connectivity index (χ0) is 21.1. The quantitative estimate of drug-likeness (QED) is 0.753. The van der Waals surface area contributed by atoms with E-state index in [4.69, 9.17) is 0 Å². The van der Waals surface area contributed by atoms with E-state index in [-0.39, 0.29) is 34.8 Å². The van der Waals surface area contributed by atoms with Crippen LogP contribution in [0.15, 0.2) is 46.8 Å². The first-order chi connectivity index (χ1) is 14.5. The summed E-state index contributed by atoms with van der Waals surface area (Å²) in [5, 5.41) is 4.56. The van der Waals surface area contributed by atoms with Crippen LogP contribution in [0.25, 0.3) is 0 Å². The van der Waals surface area contributed by atoms with Crippen molar-refractivity contribution in [3.63, 3.8) is 0 Å². The lowest BCUT2D eigenvalue weighted by Crippen LogP contribution is -2.49. The van der Waals surface area contributed by atoms with Gasteiger partial charge in [-0.1, -0.05) is 37.3 Å². The van der Waals surface area contributed by atoms with E-state index >= 15 is 0 Å². The molecule has 158 valence electrons. The van der Waals surface area contributed by atoms with Gasteiger partial charge in [-0.05, 0) is 54.6 Å². The van der Waals surface area contributed by atoms with Crippen LogP contribution in [0.3, 0.4) is 0 Å². The van der Waals surface area contributed by atoms with E-state index in [2.05, 4.69) is 29.4 Å². The number of fused-ring (bicyclic) bond motifs is 1. The van der Waals surface area contributed by atoms with E-state index in [1.165, 1.54) is 22.2 Å². The van der Waals surface area contributed by atoms with Crippen LogP contribution >= 0.6 is 11.8 Å². The minimum atomic E-state index is -0.451. The highest BCUT2D eigenvalue weighted by molar-refractivity contribution is 8.04. The Morgan fingerprint density at radius 2 is 1.93 bits per heavy atom. The number of hydrogen-bond acceptors (Lipinski definition) is 4. The van der Waals surface area contributed by atoms with Crippen LogP contribution in [0.4, 0.5) is 4.79 Å². The molecule has 1 aliphatic carbocycles. The molecule has 2 atom stereocenters. The molecule has 4 amide bonds. The Morgan fingerprint density at radius 3 is 2.67 bits per heavy atom. The highest BCUT2D eigenvalue weighted by atomic mass is 32.2. The molecule has 2 heterocycles. The maximum Gasteiger partial charge on any atom is 0.350 e. The summed E-state index contributed by atoms with van der Waals surface area (Å²) in [6.07, 6.45) is 5.01. The molecule has 2 unspecified atom stereocenters. The Morgan fingerprint density at radius 1 is 1.20 bits per heavy atom. The van der Waals surface area contributed by atoms with Crippen molar-refractivity contribution in [2.24, 2.45) is 16.8 Å². The van der Waals surface area contributed by atoms with Gasteiger partial charge in [0.1, 0.15) is 5.25 Å². The maximum atomic E-state index is 12.6. The van der Waals surface area contributed by atoms with Gasteiger partial charge < -0.3 is 5.32 Å². The number of benzene rings is 1. The van der Waals surface area contributed by atoms with E-state index in [0.29, 0.717) is 18.8 Å². The summed E-state index contributed by atoms with van der Waals surface area (Å²) in [5.74, 6) is 0.479. The molecule has 6 nitrogen and oxygen atoms in total. The molecule has 0 radical (unpaired) electrons. The predicted molar refractivity (Wildman–Crippen MR) is 118 cm³/mol. The Kier molecular flexibility index (Phi) is 6.37. The number of aliphatic imine (C=N–C) groups is 1. The highest BCUT2D eigenvalue weighted by Crippen LogP contribution is 2.32. The molecule has 2 aliphatic heterocycles. The number of rotatable bonds is 6. The van der Waals surface area contributed by atoms with Crippen molar-refractivity contribution in [3.05, 3.63) is 47.4 Å². The van der Waals surface area contributed by atoms with Crippen molar-refractivity contribution in [2.75, 3.05) is 13.1 Å². The number of carbonyl (C=O) groups excluding carboxylic acids is 3. The molecule has 1 aromatic rings. The molecule has 1 N–H and O–H groups in total. The van der Waals surface area contributed by atoms with Gasteiger partial charge in [0.2, 0.25) is 11.8 Å². The minimum absolute atomic E-state index is 0.0104. The first-order valence-electron chi connectivity index (χ1n) is 10.6. The van der Waals surface area contributed by atoms with Crippen LogP contribution in [0, 0.1) is 11.8 Å².